The molecule has 2 bridgehead atoms. The van der Waals surface area contributed by atoms with Crippen molar-refractivity contribution in [1.82, 2.24) is 10.2 Å². The molecule has 0 unspecified atom stereocenters. The van der Waals surface area contributed by atoms with Gasteiger partial charge in [0.15, 0.2) is 0 Å². The van der Waals surface area contributed by atoms with Gasteiger partial charge in [-0.1, -0.05) is 38.3 Å². The van der Waals surface area contributed by atoms with Crippen molar-refractivity contribution in [3.63, 3.8) is 0 Å². The number of carbonyl (C=O) groups is 1. The van der Waals surface area contributed by atoms with Gasteiger partial charge in [0.05, 0.1) is 12.6 Å². The maximum atomic E-state index is 11.7. The van der Waals surface area contributed by atoms with Gasteiger partial charge in [0.1, 0.15) is 5.60 Å². The van der Waals surface area contributed by atoms with Crippen molar-refractivity contribution < 1.29 is 9.53 Å². The SMILES string of the molecule is CC(=O)N[C@@H]1CCCC[C@@]12CN(CC1=CC[C@H]3C[C@@H]1C3(C)C)CCO2. The van der Waals surface area contributed by atoms with Crippen molar-refractivity contribution >= 4 is 5.91 Å². The van der Waals surface area contributed by atoms with E-state index >= 15 is 0 Å². The molecular weight excluding hydrogens is 312 g/mol. The Balaban J connectivity index is 1.45. The second-order valence-corrected chi connectivity index (χ2v) is 9.44. The number of morpholine rings is 1. The summed E-state index contributed by atoms with van der Waals surface area (Å²) in [6.07, 6.45) is 9.71. The number of hydrogen-bond donors (Lipinski definition) is 1. The topological polar surface area (TPSA) is 41.6 Å². The van der Waals surface area contributed by atoms with Gasteiger partial charge in [-0.25, -0.2) is 0 Å². The first-order valence-corrected chi connectivity index (χ1v) is 10.2. The van der Waals surface area contributed by atoms with E-state index in [1.807, 2.05) is 0 Å². The zero-order valence-electron chi connectivity index (χ0n) is 16.1. The van der Waals surface area contributed by atoms with Crippen LogP contribution in [0.25, 0.3) is 0 Å². The van der Waals surface area contributed by atoms with Crippen LogP contribution in [0.5, 0.6) is 0 Å². The summed E-state index contributed by atoms with van der Waals surface area (Å²) in [7, 11) is 0. The average Bonchev–Trinajstić information content (AvgIpc) is 2.57. The Labute approximate surface area is 152 Å². The lowest BCUT2D eigenvalue weighted by Crippen LogP contribution is -2.64. The summed E-state index contributed by atoms with van der Waals surface area (Å²) in [5.74, 6) is 1.76. The van der Waals surface area contributed by atoms with Crippen LogP contribution in [0.3, 0.4) is 0 Å². The molecule has 25 heavy (non-hydrogen) atoms. The fraction of sp³-hybridized carbons (Fsp3) is 0.857. The summed E-state index contributed by atoms with van der Waals surface area (Å²) in [5.41, 5.74) is 1.99. The molecule has 1 amide bonds. The number of carbonyl (C=O) groups excluding carboxylic acids is 1. The summed E-state index contributed by atoms with van der Waals surface area (Å²) >= 11 is 0. The number of amides is 1. The molecule has 0 aromatic rings. The van der Waals surface area contributed by atoms with Gasteiger partial charge in [-0.05, 0) is 42.9 Å². The number of fused-ring (bicyclic) bond motifs is 1. The van der Waals surface area contributed by atoms with Gasteiger partial charge >= 0.3 is 0 Å². The van der Waals surface area contributed by atoms with E-state index in [-0.39, 0.29) is 17.6 Å². The molecule has 5 aliphatic rings. The van der Waals surface area contributed by atoms with E-state index in [2.05, 4.69) is 30.1 Å². The van der Waals surface area contributed by atoms with E-state index in [0.29, 0.717) is 5.41 Å². The third-order valence-corrected chi connectivity index (χ3v) is 7.63. The van der Waals surface area contributed by atoms with E-state index < -0.39 is 0 Å². The van der Waals surface area contributed by atoms with Crippen molar-refractivity contribution in [3.8, 4) is 0 Å². The van der Waals surface area contributed by atoms with Gasteiger partial charge in [0.2, 0.25) is 5.91 Å². The highest BCUT2D eigenvalue weighted by Gasteiger charge is 2.52. The maximum absolute atomic E-state index is 11.7. The lowest BCUT2D eigenvalue weighted by atomic mass is 9.49. The highest BCUT2D eigenvalue weighted by molar-refractivity contribution is 5.73. The summed E-state index contributed by atoms with van der Waals surface area (Å²) in [5, 5.41) is 3.19. The van der Waals surface area contributed by atoms with E-state index in [1.165, 1.54) is 25.7 Å². The predicted octanol–water partition coefficient (Wildman–Crippen LogP) is 3.13. The van der Waals surface area contributed by atoms with Crippen LogP contribution in [0.4, 0.5) is 0 Å². The second kappa shape index (κ2) is 6.38. The molecule has 1 saturated heterocycles. The summed E-state index contributed by atoms with van der Waals surface area (Å²) in [4.78, 5) is 14.3. The molecule has 4 heteroatoms. The van der Waals surface area contributed by atoms with Crippen molar-refractivity contribution in [1.29, 1.82) is 0 Å². The van der Waals surface area contributed by atoms with Crippen LogP contribution in [-0.4, -0.2) is 48.7 Å². The molecule has 4 nitrogen and oxygen atoms in total. The minimum absolute atomic E-state index is 0.0734. The van der Waals surface area contributed by atoms with E-state index in [9.17, 15) is 4.79 Å². The zero-order chi connectivity index (χ0) is 17.7. The molecule has 5 rings (SSSR count). The summed E-state index contributed by atoms with van der Waals surface area (Å²) in [6.45, 7) is 10.4. The van der Waals surface area contributed by atoms with Crippen molar-refractivity contribution in [3.05, 3.63) is 11.6 Å². The van der Waals surface area contributed by atoms with Crippen molar-refractivity contribution in [2.24, 2.45) is 17.3 Å². The number of hydrogen-bond acceptors (Lipinski definition) is 3. The smallest absolute Gasteiger partial charge is 0.217 e. The van der Waals surface area contributed by atoms with Gasteiger partial charge < -0.3 is 10.1 Å². The Morgan fingerprint density at radius 2 is 2.24 bits per heavy atom. The molecular formula is C21H34N2O2. The fourth-order valence-corrected chi connectivity index (χ4v) is 5.95. The number of ether oxygens (including phenoxy) is 1. The molecule has 1 heterocycles. The third-order valence-electron chi connectivity index (χ3n) is 7.63. The molecule has 0 aromatic heterocycles. The maximum Gasteiger partial charge on any atom is 0.217 e. The van der Waals surface area contributed by atoms with E-state index in [1.54, 1.807) is 12.5 Å². The lowest BCUT2D eigenvalue weighted by molar-refractivity contribution is -0.149. The van der Waals surface area contributed by atoms with Gasteiger partial charge in [-0.3, -0.25) is 9.69 Å². The Bertz CT molecular complexity index is 566. The molecule has 0 aromatic carbocycles. The molecule has 1 spiro atoms. The largest absolute Gasteiger partial charge is 0.370 e. The Morgan fingerprint density at radius 3 is 2.96 bits per heavy atom. The van der Waals surface area contributed by atoms with E-state index in [4.69, 9.17) is 4.74 Å². The molecule has 2 saturated carbocycles. The van der Waals surface area contributed by atoms with Gasteiger partial charge in [0.25, 0.3) is 0 Å². The first kappa shape index (κ1) is 17.5. The quantitative estimate of drug-likeness (QED) is 0.798. The fourth-order valence-electron chi connectivity index (χ4n) is 5.95. The average molecular weight is 347 g/mol. The van der Waals surface area contributed by atoms with Crippen LogP contribution in [0, 0.1) is 17.3 Å². The van der Waals surface area contributed by atoms with Crippen LogP contribution < -0.4 is 5.32 Å². The highest BCUT2D eigenvalue weighted by atomic mass is 16.5. The molecule has 0 radical (unpaired) electrons. The van der Waals surface area contributed by atoms with Crippen molar-refractivity contribution in [2.45, 2.75) is 70.9 Å². The lowest BCUT2D eigenvalue weighted by Gasteiger charge is -2.57. The van der Waals surface area contributed by atoms with Gasteiger partial charge in [-0.2, -0.15) is 0 Å². The third kappa shape index (κ3) is 3.06. The number of nitrogens with one attached hydrogen (secondary N) is 1. The number of allylic oxidation sites excluding steroid dienone is 1. The normalized spacial score (nSPS) is 40.3. The zero-order valence-corrected chi connectivity index (χ0v) is 16.1. The Morgan fingerprint density at radius 1 is 1.40 bits per heavy atom. The van der Waals surface area contributed by atoms with Crippen LogP contribution in [0.1, 0.15) is 59.3 Å². The predicted molar refractivity (Wildman–Crippen MR) is 99.3 cm³/mol. The number of nitrogens with zero attached hydrogens (tertiary/aromatic N) is 1. The molecule has 4 atom stereocenters. The summed E-state index contributed by atoms with van der Waals surface area (Å²) < 4.78 is 6.34. The first-order valence-electron chi connectivity index (χ1n) is 10.2. The van der Waals surface area contributed by atoms with E-state index in [0.717, 1.165) is 50.9 Å². The van der Waals surface area contributed by atoms with Gasteiger partial charge in [-0.15, -0.1) is 0 Å². The van der Waals surface area contributed by atoms with Gasteiger partial charge in [0, 0.05) is 26.6 Å². The Hall–Kier alpha value is -0.870. The molecule has 1 aliphatic heterocycles. The Kier molecular flexibility index (Phi) is 4.48. The first-order chi connectivity index (χ1) is 11.9. The monoisotopic (exact) mass is 346 g/mol. The standard InChI is InChI=1S/C21H34N2O2/c1-15(24)22-19-6-4-5-9-21(19)14-23(10-11-25-21)13-16-7-8-17-12-18(16)20(17,2)3/h7,17-19H,4-6,8-14H2,1-3H3,(H,22,24)/t17-,18-,19+,21+/m0/s1. The van der Waals surface area contributed by atoms with Crippen LogP contribution in [-0.2, 0) is 9.53 Å². The minimum Gasteiger partial charge on any atom is -0.370 e. The van der Waals surface area contributed by atoms with Crippen molar-refractivity contribution in [2.75, 3.05) is 26.2 Å². The number of rotatable bonds is 3. The van der Waals surface area contributed by atoms with Crippen LogP contribution in [0.2, 0.25) is 0 Å². The second-order valence-electron chi connectivity index (χ2n) is 9.44. The molecule has 3 fully saturated rings. The summed E-state index contributed by atoms with van der Waals surface area (Å²) in [6, 6.07) is 0.173. The molecule has 1 N–H and O–H groups in total. The molecule has 4 aliphatic carbocycles. The van der Waals surface area contributed by atoms with Crippen LogP contribution in [0.15, 0.2) is 11.6 Å². The van der Waals surface area contributed by atoms with Crippen LogP contribution >= 0.6 is 0 Å². The minimum atomic E-state index is -0.172. The molecule has 140 valence electrons. The highest BCUT2D eigenvalue weighted by Crippen LogP contribution is 2.59.